The van der Waals surface area contributed by atoms with E-state index in [2.05, 4.69) is 31.9 Å². The highest BCUT2D eigenvalue weighted by atomic mass is 79.9. The van der Waals surface area contributed by atoms with Crippen LogP contribution in [-0.2, 0) is 4.74 Å². The van der Waals surface area contributed by atoms with Crippen LogP contribution < -0.4 is 5.73 Å². The van der Waals surface area contributed by atoms with E-state index in [4.69, 9.17) is 10.5 Å². The average Bonchev–Trinajstić information content (AvgIpc) is 2.70. The number of nitrogen functional groups attached to an aromatic ring is 1. The molecule has 1 atom stereocenters. The summed E-state index contributed by atoms with van der Waals surface area (Å²) in [6.45, 7) is 0. The number of halogens is 2. The van der Waals surface area contributed by atoms with Crippen LogP contribution in [0.15, 0.2) is 81.7 Å². The first kappa shape index (κ1) is 19.3. The third-order valence-electron chi connectivity index (χ3n) is 3.94. The van der Waals surface area contributed by atoms with Crippen molar-refractivity contribution >= 4 is 49.3 Å². The molecule has 0 unspecified atom stereocenters. The Morgan fingerprint density at radius 3 is 1.89 bits per heavy atom. The molecule has 3 aromatic rings. The number of carbonyl (C=O) groups is 2. The highest BCUT2D eigenvalue weighted by Gasteiger charge is 2.27. The fourth-order valence-corrected chi connectivity index (χ4v) is 3.72. The first-order chi connectivity index (χ1) is 13.0. The Labute approximate surface area is 173 Å². The van der Waals surface area contributed by atoms with Gasteiger partial charge in [0.25, 0.3) is 0 Å². The second-order valence-electron chi connectivity index (χ2n) is 5.78. The lowest BCUT2D eigenvalue weighted by Crippen LogP contribution is -2.20. The molecule has 0 aliphatic rings. The van der Waals surface area contributed by atoms with Crippen LogP contribution in [0.3, 0.4) is 0 Å². The summed E-state index contributed by atoms with van der Waals surface area (Å²) in [7, 11) is 0. The maximum Gasteiger partial charge on any atom is 0.339 e. The molecule has 6 heteroatoms. The second kappa shape index (κ2) is 8.50. The minimum Gasteiger partial charge on any atom is -0.445 e. The van der Waals surface area contributed by atoms with Crippen molar-refractivity contribution in [3.63, 3.8) is 0 Å². The SMILES string of the molecule is Nc1c(Br)cc(C(=O)O[C@H](C(=O)c2ccccc2)c2ccccc2)cc1Br. The molecule has 3 rings (SSSR count). The number of ketones is 1. The number of Topliss-reactive ketones (excluding diaryl/α,β-unsaturated/α-hetero) is 1. The van der Waals surface area contributed by atoms with Crippen molar-refractivity contribution in [3.8, 4) is 0 Å². The van der Waals surface area contributed by atoms with Gasteiger partial charge in [0.15, 0.2) is 6.10 Å². The van der Waals surface area contributed by atoms with Gasteiger partial charge in [-0.1, -0.05) is 60.7 Å². The zero-order chi connectivity index (χ0) is 19.4. The number of anilines is 1. The van der Waals surface area contributed by atoms with Gasteiger partial charge in [-0.25, -0.2) is 4.79 Å². The lowest BCUT2D eigenvalue weighted by molar-refractivity contribution is 0.0280. The zero-order valence-electron chi connectivity index (χ0n) is 14.1. The molecule has 2 N–H and O–H groups in total. The number of carbonyl (C=O) groups excluding carboxylic acids is 2. The summed E-state index contributed by atoms with van der Waals surface area (Å²) >= 11 is 6.62. The van der Waals surface area contributed by atoms with Gasteiger partial charge in [-0.05, 0) is 44.0 Å². The summed E-state index contributed by atoms with van der Waals surface area (Å²) in [6.07, 6.45) is -1.05. The number of hydrogen-bond acceptors (Lipinski definition) is 4. The summed E-state index contributed by atoms with van der Waals surface area (Å²) in [4.78, 5) is 25.7. The van der Waals surface area contributed by atoms with E-state index in [0.29, 0.717) is 25.8 Å². The van der Waals surface area contributed by atoms with Crippen molar-refractivity contribution in [1.82, 2.24) is 0 Å². The van der Waals surface area contributed by atoms with Gasteiger partial charge in [0.05, 0.1) is 11.3 Å². The van der Waals surface area contributed by atoms with Crippen LogP contribution in [0.5, 0.6) is 0 Å². The molecule has 0 aromatic heterocycles. The Balaban J connectivity index is 1.94. The Morgan fingerprint density at radius 2 is 1.33 bits per heavy atom. The van der Waals surface area contributed by atoms with E-state index in [1.54, 1.807) is 60.7 Å². The number of ether oxygens (including phenoxy) is 1. The van der Waals surface area contributed by atoms with Gasteiger partial charge in [0.1, 0.15) is 0 Å². The maximum atomic E-state index is 13.0. The van der Waals surface area contributed by atoms with Crippen LogP contribution in [0.2, 0.25) is 0 Å². The third kappa shape index (κ3) is 4.46. The van der Waals surface area contributed by atoms with E-state index in [9.17, 15) is 9.59 Å². The quantitative estimate of drug-likeness (QED) is 0.289. The lowest BCUT2D eigenvalue weighted by Gasteiger charge is -2.18. The van der Waals surface area contributed by atoms with Crippen LogP contribution in [0.1, 0.15) is 32.4 Å². The standard InChI is InChI=1S/C21H15Br2NO3/c22-16-11-15(12-17(23)18(16)24)21(26)27-20(14-9-5-2-6-10-14)19(25)13-7-3-1-4-8-13/h1-12,20H,24H2/t20-/m0/s1. The molecule has 3 aromatic carbocycles. The summed E-state index contributed by atoms with van der Waals surface area (Å²) in [5.41, 5.74) is 7.70. The van der Waals surface area contributed by atoms with Crippen LogP contribution in [0.25, 0.3) is 0 Å². The number of nitrogens with two attached hydrogens (primary N) is 1. The van der Waals surface area contributed by atoms with Crippen molar-refractivity contribution in [2.45, 2.75) is 6.10 Å². The van der Waals surface area contributed by atoms with Crippen LogP contribution in [-0.4, -0.2) is 11.8 Å². The molecule has 0 spiro atoms. The minimum absolute atomic E-state index is 0.282. The topological polar surface area (TPSA) is 69.4 Å². The van der Waals surface area contributed by atoms with Crippen molar-refractivity contribution in [3.05, 3.63) is 98.4 Å². The smallest absolute Gasteiger partial charge is 0.339 e. The molecule has 0 bridgehead atoms. The predicted octanol–water partition coefficient (Wildman–Crippen LogP) is 5.57. The van der Waals surface area contributed by atoms with Gasteiger partial charge in [-0.15, -0.1) is 0 Å². The molecule has 136 valence electrons. The molecular weight excluding hydrogens is 474 g/mol. The van der Waals surface area contributed by atoms with Crippen LogP contribution in [0.4, 0.5) is 5.69 Å². The van der Waals surface area contributed by atoms with Gasteiger partial charge >= 0.3 is 5.97 Å². The van der Waals surface area contributed by atoms with E-state index in [0.717, 1.165) is 0 Å². The van der Waals surface area contributed by atoms with E-state index in [1.807, 2.05) is 12.1 Å². The van der Waals surface area contributed by atoms with Crippen molar-refractivity contribution in [1.29, 1.82) is 0 Å². The molecule has 4 nitrogen and oxygen atoms in total. The van der Waals surface area contributed by atoms with Crippen molar-refractivity contribution in [2.24, 2.45) is 0 Å². The highest BCUT2D eigenvalue weighted by molar-refractivity contribution is 9.11. The molecule has 0 saturated heterocycles. The molecular formula is C21H15Br2NO3. The molecule has 27 heavy (non-hydrogen) atoms. The summed E-state index contributed by atoms with van der Waals surface area (Å²) in [5.74, 6) is -0.904. The van der Waals surface area contributed by atoms with E-state index < -0.39 is 12.1 Å². The summed E-state index contributed by atoms with van der Waals surface area (Å²) < 4.78 is 6.75. The summed E-state index contributed by atoms with van der Waals surface area (Å²) in [5, 5.41) is 0. The Bertz CT molecular complexity index is 952. The second-order valence-corrected chi connectivity index (χ2v) is 7.49. The maximum absolute atomic E-state index is 13.0. The monoisotopic (exact) mass is 487 g/mol. The third-order valence-corrected chi connectivity index (χ3v) is 5.25. The Hall–Kier alpha value is -2.44. The number of esters is 1. The van der Waals surface area contributed by atoms with Crippen LogP contribution in [0, 0.1) is 0 Å². The van der Waals surface area contributed by atoms with E-state index in [1.165, 1.54) is 0 Å². The summed E-state index contributed by atoms with van der Waals surface area (Å²) in [6, 6.07) is 20.8. The first-order valence-corrected chi connectivity index (χ1v) is 9.65. The van der Waals surface area contributed by atoms with Gasteiger partial charge in [-0.3, -0.25) is 4.79 Å². The normalized spacial score (nSPS) is 11.6. The van der Waals surface area contributed by atoms with Crippen molar-refractivity contribution < 1.29 is 14.3 Å². The molecule has 0 amide bonds. The Morgan fingerprint density at radius 1 is 0.815 bits per heavy atom. The molecule has 0 radical (unpaired) electrons. The molecule has 0 aliphatic heterocycles. The fraction of sp³-hybridized carbons (Fsp3) is 0.0476. The molecule has 0 fully saturated rings. The molecule has 0 saturated carbocycles. The van der Waals surface area contributed by atoms with E-state index in [-0.39, 0.29) is 11.3 Å². The van der Waals surface area contributed by atoms with Gasteiger partial charge in [-0.2, -0.15) is 0 Å². The number of benzene rings is 3. The molecule has 0 aliphatic carbocycles. The van der Waals surface area contributed by atoms with E-state index >= 15 is 0 Å². The highest BCUT2D eigenvalue weighted by Crippen LogP contribution is 2.31. The van der Waals surface area contributed by atoms with Crippen molar-refractivity contribution in [2.75, 3.05) is 5.73 Å². The fourth-order valence-electron chi connectivity index (χ4n) is 2.53. The average molecular weight is 489 g/mol. The molecule has 0 heterocycles. The van der Waals surface area contributed by atoms with Gasteiger partial charge in [0, 0.05) is 20.1 Å². The van der Waals surface area contributed by atoms with Gasteiger partial charge < -0.3 is 10.5 Å². The van der Waals surface area contributed by atoms with Gasteiger partial charge in [0.2, 0.25) is 5.78 Å². The first-order valence-electron chi connectivity index (χ1n) is 8.07. The Kier molecular flexibility index (Phi) is 6.08. The zero-order valence-corrected chi connectivity index (χ0v) is 17.2. The lowest BCUT2D eigenvalue weighted by atomic mass is 10.00. The largest absolute Gasteiger partial charge is 0.445 e. The van der Waals surface area contributed by atoms with Crippen LogP contribution >= 0.6 is 31.9 Å². The minimum atomic E-state index is -1.05. The number of rotatable bonds is 5. The number of hydrogen-bond donors (Lipinski definition) is 1. The predicted molar refractivity (Wildman–Crippen MR) is 112 cm³/mol.